The van der Waals surface area contributed by atoms with E-state index in [2.05, 4.69) is 5.32 Å². The quantitative estimate of drug-likeness (QED) is 0.867. The highest BCUT2D eigenvalue weighted by atomic mass is 32.1. The van der Waals surface area contributed by atoms with E-state index >= 15 is 0 Å². The average Bonchev–Trinajstić information content (AvgIpc) is 2.94. The fraction of sp³-hybridized carbons (Fsp3) is 0.375. The van der Waals surface area contributed by atoms with Crippen molar-refractivity contribution in [2.24, 2.45) is 0 Å². The Morgan fingerprint density at radius 1 is 1.30 bits per heavy atom. The predicted molar refractivity (Wildman–Crippen MR) is 82.5 cm³/mol. The van der Waals surface area contributed by atoms with E-state index < -0.39 is 0 Å². The zero-order valence-electron chi connectivity index (χ0n) is 12.1. The maximum atomic E-state index is 13.9. The molecule has 2 nitrogen and oxygen atoms in total. The number of hydrogen-bond donors (Lipinski definition) is 1. The van der Waals surface area contributed by atoms with E-state index in [9.17, 15) is 4.39 Å². The van der Waals surface area contributed by atoms with E-state index in [1.165, 1.54) is 6.07 Å². The first-order valence-corrected chi connectivity index (χ1v) is 7.48. The van der Waals surface area contributed by atoms with Crippen LogP contribution in [0.4, 0.5) is 4.39 Å². The molecule has 0 radical (unpaired) electrons. The lowest BCUT2D eigenvalue weighted by molar-refractivity contribution is 0.0230. The van der Waals surface area contributed by atoms with E-state index in [0.717, 1.165) is 17.0 Å². The van der Waals surface area contributed by atoms with Crippen LogP contribution in [0.15, 0.2) is 35.7 Å². The molecule has 0 saturated heterocycles. The summed E-state index contributed by atoms with van der Waals surface area (Å²) in [7, 11) is 1.70. The summed E-state index contributed by atoms with van der Waals surface area (Å²) in [5.74, 6) is -0.173. The number of benzene rings is 1. The molecular formula is C16H20FNOS. The van der Waals surface area contributed by atoms with Crippen LogP contribution in [-0.4, -0.2) is 19.3 Å². The third kappa shape index (κ3) is 3.88. The van der Waals surface area contributed by atoms with Crippen LogP contribution in [0.5, 0.6) is 0 Å². The van der Waals surface area contributed by atoms with E-state index in [1.54, 1.807) is 18.4 Å². The minimum atomic E-state index is -0.198. The molecule has 4 heteroatoms. The predicted octanol–water partition coefficient (Wildman–Crippen LogP) is 4.07. The lowest BCUT2D eigenvalue weighted by Gasteiger charge is -2.23. The van der Waals surface area contributed by atoms with Gasteiger partial charge in [0, 0.05) is 30.6 Å². The van der Waals surface area contributed by atoms with Gasteiger partial charge in [0.2, 0.25) is 0 Å². The number of rotatable bonds is 6. The lowest BCUT2D eigenvalue weighted by atomic mass is 10.1. The Labute approximate surface area is 123 Å². The molecule has 0 unspecified atom stereocenters. The van der Waals surface area contributed by atoms with Gasteiger partial charge in [-0.15, -0.1) is 11.3 Å². The van der Waals surface area contributed by atoms with Gasteiger partial charge in [0.25, 0.3) is 0 Å². The molecule has 0 amide bonds. The Kier molecular flexibility index (Phi) is 4.91. The fourth-order valence-corrected chi connectivity index (χ4v) is 2.63. The Balaban J connectivity index is 2.05. The minimum Gasteiger partial charge on any atom is -0.377 e. The third-order valence-corrected chi connectivity index (χ3v) is 4.15. The summed E-state index contributed by atoms with van der Waals surface area (Å²) in [6.45, 7) is 5.50. The SMILES string of the molecule is COC(C)(C)CNCc1ccc(F)c(-c2cccs2)c1. The molecule has 1 aromatic heterocycles. The Bertz CT molecular complexity index is 552. The van der Waals surface area contributed by atoms with Crippen molar-refractivity contribution in [3.63, 3.8) is 0 Å². The highest BCUT2D eigenvalue weighted by Crippen LogP contribution is 2.28. The number of halogens is 1. The van der Waals surface area contributed by atoms with Gasteiger partial charge in [0.05, 0.1) is 5.60 Å². The number of methoxy groups -OCH3 is 1. The number of nitrogens with one attached hydrogen (secondary N) is 1. The van der Waals surface area contributed by atoms with Crippen molar-refractivity contribution in [3.05, 3.63) is 47.1 Å². The van der Waals surface area contributed by atoms with Gasteiger partial charge in [-0.1, -0.05) is 12.1 Å². The fourth-order valence-electron chi connectivity index (χ4n) is 1.88. The Hall–Kier alpha value is -1.23. The second-order valence-electron chi connectivity index (χ2n) is 5.36. The third-order valence-electron chi connectivity index (χ3n) is 3.25. The van der Waals surface area contributed by atoms with Crippen molar-refractivity contribution >= 4 is 11.3 Å². The summed E-state index contributed by atoms with van der Waals surface area (Å²) in [6, 6.07) is 9.14. The van der Waals surface area contributed by atoms with Crippen LogP contribution in [-0.2, 0) is 11.3 Å². The molecule has 0 spiro atoms. The molecule has 0 aliphatic heterocycles. The molecule has 1 heterocycles. The van der Waals surface area contributed by atoms with Crippen LogP contribution in [0.3, 0.4) is 0 Å². The summed E-state index contributed by atoms with van der Waals surface area (Å²) < 4.78 is 19.2. The molecule has 0 aliphatic rings. The topological polar surface area (TPSA) is 21.3 Å². The van der Waals surface area contributed by atoms with Crippen LogP contribution >= 0.6 is 11.3 Å². The van der Waals surface area contributed by atoms with Gasteiger partial charge in [0.1, 0.15) is 5.82 Å². The first-order valence-electron chi connectivity index (χ1n) is 6.60. The Morgan fingerprint density at radius 2 is 2.10 bits per heavy atom. The molecule has 1 N–H and O–H groups in total. The number of ether oxygens (including phenoxy) is 1. The van der Waals surface area contributed by atoms with Crippen molar-refractivity contribution in [2.45, 2.75) is 26.0 Å². The van der Waals surface area contributed by atoms with Gasteiger partial charge in [-0.3, -0.25) is 0 Å². The first kappa shape index (κ1) is 15.2. The summed E-state index contributed by atoms with van der Waals surface area (Å²) in [5, 5.41) is 5.30. The van der Waals surface area contributed by atoms with Crippen molar-refractivity contribution in [3.8, 4) is 10.4 Å². The van der Waals surface area contributed by atoms with E-state index in [1.807, 2.05) is 43.5 Å². The van der Waals surface area contributed by atoms with Gasteiger partial charge in [-0.25, -0.2) is 4.39 Å². The van der Waals surface area contributed by atoms with Crippen LogP contribution in [0.25, 0.3) is 10.4 Å². The first-order chi connectivity index (χ1) is 9.52. The van der Waals surface area contributed by atoms with Gasteiger partial charge in [-0.05, 0) is 43.0 Å². The van der Waals surface area contributed by atoms with Gasteiger partial charge in [-0.2, -0.15) is 0 Å². The molecule has 108 valence electrons. The zero-order chi connectivity index (χ0) is 14.6. The smallest absolute Gasteiger partial charge is 0.131 e. The van der Waals surface area contributed by atoms with Crippen LogP contribution in [0.2, 0.25) is 0 Å². The molecule has 0 atom stereocenters. The van der Waals surface area contributed by atoms with E-state index in [4.69, 9.17) is 4.74 Å². The van der Waals surface area contributed by atoms with E-state index in [-0.39, 0.29) is 11.4 Å². The Morgan fingerprint density at radius 3 is 2.75 bits per heavy atom. The maximum absolute atomic E-state index is 13.9. The van der Waals surface area contributed by atoms with Crippen LogP contribution in [0, 0.1) is 5.82 Å². The second kappa shape index (κ2) is 6.48. The second-order valence-corrected chi connectivity index (χ2v) is 6.31. The van der Waals surface area contributed by atoms with Crippen molar-refractivity contribution in [1.82, 2.24) is 5.32 Å². The van der Waals surface area contributed by atoms with Gasteiger partial charge < -0.3 is 10.1 Å². The highest BCUT2D eigenvalue weighted by molar-refractivity contribution is 7.13. The molecule has 20 heavy (non-hydrogen) atoms. The van der Waals surface area contributed by atoms with Gasteiger partial charge in [0.15, 0.2) is 0 Å². The molecule has 2 aromatic rings. The molecule has 2 rings (SSSR count). The molecule has 0 fully saturated rings. The number of thiophene rings is 1. The highest BCUT2D eigenvalue weighted by Gasteiger charge is 2.15. The standard InChI is InChI=1S/C16H20FNOS/c1-16(2,19-3)11-18-10-12-6-7-14(17)13(9-12)15-5-4-8-20-15/h4-9,18H,10-11H2,1-3H3. The molecular weight excluding hydrogens is 273 g/mol. The monoisotopic (exact) mass is 293 g/mol. The summed E-state index contributed by atoms with van der Waals surface area (Å²) >= 11 is 1.55. The largest absolute Gasteiger partial charge is 0.377 e. The lowest BCUT2D eigenvalue weighted by Crippen LogP contribution is -2.36. The van der Waals surface area contributed by atoms with Crippen molar-refractivity contribution in [2.75, 3.05) is 13.7 Å². The molecule has 1 aromatic carbocycles. The van der Waals surface area contributed by atoms with Crippen molar-refractivity contribution in [1.29, 1.82) is 0 Å². The summed E-state index contributed by atoms with van der Waals surface area (Å²) in [4.78, 5) is 0.960. The minimum absolute atomic E-state index is 0.173. The van der Waals surface area contributed by atoms with Gasteiger partial charge >= 0.3 is 0 Å². The van der Waals surface area contributed by atoms with Crippen molar-refractivity contribution < 1.29 is 9.13 Å². The molecule has 0 bridgehead atoms. The summed E-state index contributed by atoms with van der Waals surface area (Å²) in [6.07, 6.45) is 0. The zero-order valence-corrected chi connectivity index (χ0v) is 12.9. The van der Waals surface area contributed by atoms with Crippen LogP contribution < -0.4 is 5.32 Å². The van der Waals surface area contributed by atoms with Crippen LogP contribution in [0.1, 0.15) is 19.4 Å². The molecule has 0 aliphatic carbocycles. The summed E-state index contributed by atoms with van der Waals surface area (Å²) in [5.41, 5.74) is 1.54. The van der Waals surface area contributed by atoms with E-state index in [0.29, 0.717) is 12.1 Å². The average molecular weight is 293 g/mol. The molecule has 0 saturated carbocycles. The maximum Gasteiger partial charge on any atom is 0.131 e. The number of hydrogen-bond acceptors (Lipinski definition) is 3. The normalized spacial score (nSPS) is 11.8.